The average Bonchev–Trinajstić information content (AvgIpc) is 3.10. The third-order valence-corrected chi connectivity index (χ3v) is 9.43. The average molecular weight is 371 g/mol. The molecule has 27 heavy (non-hydrogen) atoms. The molecule has 3 nitrogen and oxygen atoms in total. The molecule has 0 bridgehead atoms. The second-order valence-electron chi connectivity index (χ2n) is 10.2. The van der Waals surface area contributed by atoms with Crippen LogP contribution in [-0.4, -0.2) is 27.0 Å². The molecule has 4 aliphatic rings. The Morgan fingerprint density at radius 3 is 2.74 bits per heavy atom. The maximum absolute atomic E-state index is 11.7. The highest BCUT2D eigenvalue weighted by molar-refractivity contribution is 5.39. The Balaban J connectivity index is 1.57. The molecule has 0 saturated heterocycles. The molecule has 1 aromatic carbocycles. The largest absolute Gasteiger partial charge is 0.392 e. The summed E-state index contributed by atoms with van der Waals surface area (Å²) < 4.78 is 0. The summed E-state index contributed by atoms with van der Waals surface area (Å²) in [7, 11) is 0. The molecular weight excluding hydrogens is 336 g/mol. The molecule has 3 unspecified atom stereocenters. The molecule has 0 radical (unpaired) electrons. The molecule has 4 aliphatic carbocycles. The van der Waals surface area contributed by atoms with Crippen molar-refractivity contribution in [2.45, 2.75) is 83.0 Å². The van der Waals surface area contributed by atoms with Crippen LogP contribution in [0.2, 0.25) is 0 Å². The Bertz CT molecular complexity index is 745. The Labute approximate surface area is 162 Å². The van der Waals surface area contributed by atoms with E-state index in [0.717, 1.165) is 44.1 Å². The first-order valence-corrected chi connectivity index (χ1v) is 11.1. The quantitative estimate of drug-likeness (QED) is 0.742. The van der Waals surface area contributed by atoms with Crippen molar-refractivity contribution in [2.24, 2.45) is 29.1 Å². The van der Waals surface area contributed by atoms with Gasteiger partial charge in [0.25, 0.3) is 0 Å². The van der Waals surface area contributed by atoms with Crippen LogP contribution in [0, 0.1) is 29.1 Å². The van der Waals surface area contributed by atoms with Crippen molar-refractivity contribution in [2.75, 3.05) is 0 Å². The van der Waals surface area contributed by atoms with Crippen molar-refractivity contribution >= 4 is 0 Å². The minimum absolute atomic E-state index is 0.117. The summed E-state index contributed by atoms with van der Waals surface area (Å²) in [4.78, 5) is 0. The smallest absolute Gasteiger partial charge is 0.0989 e. The first kappa shape index (κ1) is 18.1. The van der Waals surface area contributed by atoms with Gasteiger partial charge in [0.2, 0.25) is 0 Å². The van der Waals surface area contributed by atoms with Crippen molar-refractivity contribution in [3.8, 4) is 0 Å². The number of hydrogen-bond donors (Lipinski definition) is 3. The van der Waals surface area contributed by atoms with Gasteiger partial charge in [0, 0.05) is 5.41 Å². The molecule has 1 aromatic rings. The van der Waals surface area contributed by atoms with E-state index in [1.807, 2.05) is 0 Å². The number of benzene rings is 1. The van der Waals surface area contributed by atoms with E-state index in [1.54, 1.807) is 0 Å². The van der Waals surface area contributed by atoms with Crippen LogP contribution >= 0.6 is 0 Å². The van der Waals surface area contributed by atoms with Gasteiger partial charge >= 0.3 is 0 Å². The SMILES string of the molecule is CC[C@@H]1Cc2cc(CO)ccc2C2CC[C@@]3(C)C(C[C@H]4CC[C@H](O)[C@]43O)C21. The van der Waals surface area contributed by atoms with Gasteiger partial charge in [-0.3, -0.25) is 0 Å². The summed E-state index contributed by atoms with van der Waals surface area (Å²) in [5.74, 6) is 2.61. The van der Waals surface area contributed by atoms with Crippen molar-refractivity contribution in [3.05, 3.63) is 34.9 Å². The van der Waals surface area contributed by atoms with Crippen LogP contribution < -0.4 is 0 Å². The molecule has 3 saturated carbocycles. The summed E-state index contributed by atoms with van der Waals surface area (Å²) in [6.07, 6.45) is 6.68. The number of hydrogen-bond acceptors (Lipinski definition) is 3. The van der Waals surface area contributed by atoms with E-state index in [0.29, 0.717) is 23.7 Å². The van der Waals surface area contributed by atoms with Crippen LogP contribution in [0.15, 0.2) is 18.2 Å². The van der Waals surface area contributed by atoms with E-state index in [1.165, 1.54) is 17.5 Å². The van der Waals surface area contributed by atoms with Gasteiger partial charge in [-0.1, -0.05) is 38.5 Å². The lowest BCUT2D eigenvalue weighted by atomic mass is 9.50. The van der Waals surface area contributed by atoms with Gasteiger partial charge in [-0.25, -0.2) is 0 Å². The summed E-state index contributed by atoms with van der Waals surface area (Å²) in [6, 6.07) is 6.59. The predicted molar refractivity (Wildman–Crippen MR) is 105 cm³/mol. The Hall–Kier alpha value is -0.900. The van der Waals surface area contributed by atoms with Crippen LogP contribution in [0.3, 0.4) is 0 Å². The first-order valence-electron chi connectivity index (χ1n) is 11.1. The van der Waals surface area contributed by atoms with Gasteiger partial charge in [0.05, 0.1) is 18.3 Å². The molecule has 3 fully saturated rings. The van der Waals surface area contributed by atoms with Gasteiger partial charge in [0.1, 0.15) is 0 Å². The van der Waals surface area contributed by atoms with E-state index in [9.17, 15) is 15.3 Å². The molecule has 0 aliphatic heterocycles. The summed E-state index contributed by atoms with van der Waals surface area (Å²) >= 11 is 0. The van der Waals surface area contributed by atoms with Crippen LogP contribution in [0.4, 0.5) is 0 Å². The Morgan fingerprint density at radius 2 is 2.00 bits per heavy atom. The molecule has 0 spiro atoms. The van der Waals surface area contributed by atoms with E-state index in [2.05, 4.69) is 32.0 Å². The number of rotatable bonds is 2. The monoisotopic (exact) mass is 370 g/mol. The number of aliphatic hydroxyl groups is 3. The number of fused-ring (bicyclic) bond motifs is 7. The first-order chi connectivity index (χ1) is 12.9. The van der Waals surface area contributed by atoms with Gasteiger partial charge < -0.3 is 15.3 Å². The third kappa shape index (κ3) is 2.20. The molecule has 5 rings (SSSR count). The van der Waals surface area contributed by atoms with Crippen molar-refractivity contribution in [3.63, 3.8) is 0 Å². The van der Waals surface area contributed by atoms with E-state index in [-0.39, 0.29) is 17.9 Å². The van der Waals surface area contributed by atoms with E-state index >= 15 is 0 Å². The highest BCUT2D eigenvalue weighted by Crippen LogP contribution is 2.70. The summed E-state index contributed by atoms with van der Waals surface area (Å²) in [5.41, 5.74) is 2.94. The normalized spacial score (nSPS) is 47.9. The van der Waals surface area contributed by atoms with Crippen molar-refractivity contribution in [1.29, 1.82) is 0 Å². The molecule has 148 valence electrons. The lowest BCUT2D eigenvalue weighted by Gasteiger charge is -2.56. The fraction of sp³-hybridized carbons (Fsp3) is 0.750. The van der Waals surface area contributed by atoms with Gasteiger partial charge in [0.15, 0.2) is 0 Å². The Morgan fingerprint density at radius 1 is 1.19 bits per heavy atom. The summed E-state index contributed by atoms with van der Waals surface area (Å²) in [5, 5.41) is 32.0. The van der Waals surface area contributed by atoms with E-state index < -0.39 is 11.7 Å². The Kier molecular flexibility index (Phi) is 4.06. The van der Waals surface area contributed by atoms with Gasteiger partial charge in [-0.2, -0.15) is 0 Å². The van der Waals surface area contributed by atoms with Crippen LogP contribution in [0.25, 0.3) is 0 Å². The van der Waals surface area contributed by atoms with Crippen LogP contribution in [0.1, 0.15) is 75.0 Å². The highest BCUT2D eigenvalue weighted by atomic mass is 16.3. The van der Waals surface area contributed by atoms with E-state index in [4.69, 9.17) is 0 Å². The zero-order valence-corrected chi connectivity index (χ0v) is 16.7. The topological polar surface area (TPSA) is 60.7 Å². The lowest BCUT2D eigenvalue weighted by molar-refractivity contribution is -0.166. The standard InChI is InChI=1S/C24H34O3/c1-3-15-11-16-10-14(13-25)4-6-18(16)19-8-9-23(2)20(22(15)19)12-17-5-7-21(26)24(17,23)27/h4,6,10,15,17,19-22,25-27H,3,5,7-9,11-13H2,1-2H3/t15-,17-,19?,20?,21+,22?,23+,24-/m1/s1. The molecule has 0 aromatic heterocycles. The maximum atomic E-state index is 11.7. The van der Waals surface area contributed by atoms with Gasteiger partial charge in [-0.15, -0.1) is 0 Å². The molecule has 0 heterocycles. The fourth-order valence-electron chi connectivity index (χ4n) is 8.13. The third-order valence-electron chi connectivity index (χ3n) is 9.43. The molecule has 3 N–H and O–H groups in total. The van der Waals surface area contributed by atoms with Crippen molar-refractivity contribution < 1.29 is 15.3 Å². The van der Waals surface area contributed by atoms with Gasteiger partial charge in [-0.05, 0) is 84.8 Å². The van der Waals surface area contributed by atoms with Crippen molar-refractivity contribution in [1.82, 2.24) is 0 Å². The predicted octanol–water partition coefficient (Wildman–Crippen LogP) is 3.78. The lowest BCUT2D eigenvalue weighted by Crippen LogP contribution is -2.57. The highest BCUT2D eigenvalue weighted by Gasteiger charge is 2.70. The van der Waals surface area contributed by atoms with Crippen LogP contribution in [-0.2, 0) is 13.0 Å². The minimum atomic E-state index is -0.873. The molecular formula is C24H34O3. The fourth-order valence-corrected chi connectivity index (χ4v) is 8.13. The zero-order valence-electron chi connectivity index (χ0n) is 16.7. The minimum Gasteiger partial charge on any atom is -0.392 e. The molecule has 8 atom stereocenters. The second-order valence-corrected chi connectivity index (χ2v) is 10.2. The summed E-state index contributed by atoms with van der Waals surface area (Å²) in [6.45, 7) is 4.72. The maximum Gasteiger partial charge on any atom is 0.0989 e. The number of aliphatic hydroxyl groups excluding tert-OH is 2. The molecule has 0 amide bonds. The molecule has 3 heteroatoms. The second kappa shape index (κ2) is 6.05. The van der Waals surface area contributed by atoms with Crippen LogP contribution in [0.5, 0.6) is 0 Å². The zero-order chi connectivity index (χ0) is 19.0.